The van der Waals surface area contributed by atoms with Gasteiger partial charge in [-0.15, -0.1) is 0 Å². The SMILES string of the molecule is CC/C=C\C/C=C\C/C=C\C/C=C\C/C=C\C/C=C\CCCCCCCCC(=O)NC(COP(=O)([O-])OCC[N+](C)(C)C)C(O)/C=C/CC/C=C/CCCCCCCCCCCCCCCC. The lowest BCUT2D eigenvalue weighted by Crippen LogP contribution is -2.45. The third-order valence-electron chi connectivity index (χ3n) is 11.5. The average molecular weight is 955 g/mol. The summed E-state index contributed by atoms with van der Waals surface area (Å²) in [5.41, 5.74) is 0. The highest BCUT2D eigenvalue weighted by molar-refractivity contribution is 7.45. The highest BCUT2D eigenvalue weighted by Gasteiger charge is 2.23. The fourth-order valence-corrected chi connectivity index (χ4v) is 8.01. The van der Waals surface area contributed by atoms with Gasteiger partial charge in [0.25, 0.3) is 7.82 Å². The molecule has 67 heavy (non-hydrogen) atoms. The Labute approximate surface area is 413 Å². The van der Waals surface area contributed by atoms with Crippen LogP contribution in [0.4, 0.5) is 0 Å². The summed E-state index contributed by atoms with van der Waals surface area (Å²) in [6.07, 6.45) is 69.0. The van der Waals surface area contributed by atoms with Crippen LogP contribution in [-0.4, -0.2) is 68.5 Å². The van der Waals surface area contributed by atoms with E-state index in [-0.39, 0.29) is 12.5 Å². The van der Waals surface area contributed by atoms with Crippen LogP contribution in [0.1, 0.15) is 213 Å². The standard InChI is InChI=1S/C58H103N2O6P/c1-6-8-10-12-14-16-18-20-22-24-26-28-29-30-31-32-34-36-38-40-42-44-46-48-50-52-58(62)59-56(55-66-67(63,64)65-54-53-60(3,4)5)57(61)51-49-47-45-43-41-39-37-35-33-27-25-23-21-19-17-15-13-11-9-7-2/h8,10,14,16,20,22,26,28,30-31,34,36,41,43,49,51,56-57,61H,6-7,9,11-13,15,17-19,21,23-25,27,29,32-33,35,37-40,42,44-48,50,52-55H2,1-5H3,(H-,59,62,63,64)/b10-8-,16-14-,22-20-,28-26-,31-30-,36-34-,43-41+,51-49+. The molecule has 1 amide bonds. The number of hydrogen-bond donors (Lipinski definition) is 2. The summed E-state index contributed by atoms with van der Waals surface area (Å²) in [6, 6.07) is -0.919. The maximum Gasteiger partial charge on any atom is 0.268 e. The first-order valence-electron chi connectivity index (χ1n) is 27.1. The number of unbranched alkanes of at least 4 members (excludes halogenated alkanes) is 21. The number of quaternary nitrogens is 1. The second kappa shape index (κ2) is 48.4. The summed E-state index contributed by atoms with van der Waals surface area (Å²) in [7, 11) is 1.22. The molecular weight excluding hydrogens is 852 g/mol. The van der Waals surface area contributed by atoms with Crippen molar-refractivity contribution in [3.8, 4) is 0 Å². The first-order chi connectivity index (χ1) is 32.5. The number of allylic oxidation sites excluding steroid dienone is 15. The van der Waals surface area contributed by atoms with Crippen molar-refractivity contribution in [1.82, 2.24) is 5.32 Å². The number of amides is 1. The van der Waals surface area contributed by atoms with Gasteiger partial charge in [0.2, 0.25) is 5.91 Å². The molecule has 2 N–H and O–H groups in total. The fraction of sp³-hybridized carbons (Fsp3) is 0.707. The Kier molecular flexibility index (Phi) is 46.6. The summed E-state index contributed by atoms with van der Waals surface area (Å²) in [5, 5.41) is 13.8. The molecule has 0 aromatic carbocycles. The predicted molar refractivity (Wildman–Crippen MR) is 288 cm³/mol. The lowest BCUT2D eigenvalue weighted by Gasteiger charge is -2.29. The molecule has 0 aliphatic rings. The number of likely N-dealkylation sites (N-methyl/N-ethyl adjacent to an activating group) is 1. The molecule has 0 heterocycles. The number of phosphoric ester groups is 1. The number of nitrogens with zero attached hydrogens (tertiary/aromatic N) is 1. The zero-order chi connectivity index (χ0) is 49.2. The molecular formula is C58H103N2O6P. The molecule has 386 valence electrons. The van der Waals surface area contributed by atoms with Gasteiger partial charge in [0.1, 0.15) is 13.2 Å². The zero-order valence-corrected chi connectivity index (χ0v) is 44.7. The van der Waals surface area contributed by atoms with Crippen molar-refractivity contribution < 1.29 is 32.9 Å². The lowest BCUT2D eigenvalue weighted by molar-refractivity contribution is -0.870. The molecule has 0 saturated heterocycles. The quantitative estimate of drug-likeness (QED) is 0.0272. The number of carbonyl (C=O) groups is 1. The smallest absolute Gasteiger partial charge is 0.268 e. The van der Waals surface area contributed by atoms with Gasteiger partial charge in [-0.25, -0.2) is 0 Å². The summed E-state index contributed by atoms with van der Waals surface area (Å²) in [5.74, 6) is -0.225. The van der Waals surface area contributed by atoms with E-state index in [0.717, 1.165) is 103 Å². The van der Waals surface area contributed by atoms with Crippen LogP contribution in [0.15, 0.2) is 97.2 Å². The summed E-state index contributed by atoms with van der Waals surface area (Å²) >= 11 is 0. The normalized spacial score (nSPS) is 14.8. The third-order valence-corrected chi connectivity index (χ3v) is 12.5. The van der Waals surface area contributed by atoms with Gasteiger partial charge in [0.15, 0.2) is 0 Å². The Morgan fingerprint density at radius 1 is 0.537 bits per heavy atom. The molecule has 3 atom stereocenters. The summed E-state index contributed by atoms with van der Waals surface area (Å²) in [6.45, 7) is 4.50. The van der Waals surface area contributed by atoms with Gasteiger partial charge in [-0.3, -0.25) is 9.36 Å². The Morgan fingerprint density at radius 3 is 1.39 bits per heavy atom. The summed E-state index contributed by atoms with van der Waals surface area (Å²) in [4.78, 5) is 25.5. The number of phosphoric acid groups is 1. The molecule has 9 heteroatoms. The van der Waals surface area contributed by atoms with Gasteiger partial charge in [0, 0.05) is 6.42 Å². The predicted octanol–water partition coefficient (Wildman–Crippen LogP) is 15.6. The molecule has 0 aromatic heterocycles. The van der Waals surface area contributed by atoms with Crippen LogP contribution in [0.2, 0.25) is 0 Å². The van der Waals surface area contributed by atoms with Gasteiger partial charge in [-0.05, 0) is 83.5 Å². The molecule has 8 nitrogen and oxygen atoms in total. The number of nitrogens with one attached hydrogen (secondary N) is 1. The molecule has 0 aliphatic carbocycles. The highest BCUT2D eigenvalue weighted by Crippen LogP contribution is 2.38. The minimum Gasteiger partial charge on any atom is -0.756 e. The van der Waals surface area contributed by atoms with E-state index >= 15 is 0 Å². The Morgan fingerprint density at radius 2 is 0.925 bits per heavy atom. The molecule has 0 aromatic rings. The van der Waals surface area contributed by atoms with Crippen molar-refractivity contribution in [2.45, 2.75) is 225 Å². The van der Waals surface area contributed by atoms with E-state index in [4.69, 9.17) is 9.05 Å². The van der Waals surface area contributed by atoms with Crippen LogP contribution in [0, 0.1) is 0 Å². The van der Waals surface area contributed by atoms with Gasteiger partial charge in [-0.1, -0.05) is 220 Å². The van der Waals surface area contributed by atoms with E-state index in [2.05, 4.69) is 104 Å². The van der Waals surface area contributed by atoms with Crippen molar-refractivity contribution in [2.24, 2.45) is 0 Å². The van der Waals surface area contributed by atoms with E-state index < -0.39 is 26.6 Å². The Bertz CT molecular complexity index is 1410. The van der Waals surface area contributed by atoms with Crippen LogP contribution in [-0.2, 0) is 18.4 Å². The fourth-order valence-electron chi connectivity index (χ4n) is 7.29. The molecule has 0 rings (SSSR count). The first-order valence-corrected chi connectivity index (χ1v) is 28.6. The van der Waals surface area contributed by atoms with Crippen LogP contribution >= 0.6 is 7.82 Å². The second-order valence-electron chi connectivity index (χ2n) is 19.2. The number of aliphatic hydroxyl groups is 1. The lowest BCUT2D eigenvalue weighted by atomic mass is 10.0. The second-order valence-corrected chi connectivity index (χ2v) is 20.6. The largest absolute Gasteiger partial charge is 0.756 e. The molecule has 0 spiro atoms. The van der Waals surface area contributed by atoms with E-state index in [1.54, 1.807) is 6.08 Å². The van der Waals surface area contributed by atoms with E-state index in [9.17, 15) is 19.4 Å². The molecule has 3 unspecified atom stereocenters. The number of carbonyl (C=O) groups excluding carboxylic acids is 1. The van der Waals surface area contributed by atoms with E-state index in [0.29, 0.717) is 17.4 Å². The van der Waals surface area contributed by atoms with Crippen molar-refractivity contribution in [1.29, 1.82) is 0 Å². The maximum atomic E-state index is 12.9. The van der Waals surface area contributed by atoms with Gasteiger partial charge in [0.05, 0.1) is 39.9 Å². The molecule has 0 aliphatic heterocycles. The van der Waals surface area contributed by atoms with Gasteiger partial charge < -0.3 is 28.8 Å². The van der Waals surface area contributed by atoms with Crippen molar-refractivity contribution >= 4 is 13.7 Å². The maximum absolute atomic E-state index is 12.9. The van der Waals surface area contributed by atoms with Crippen LogP contribution in [0.5, 0.6) is 0 Å². The summed E-state index contributed by atoms with van der Waals surface area (Å²) < 4.78 is 23.3. The zero-order valence-electron chi connectivity index (χ0n) is 43.8. The number of aliphatic hydroxyl groups excluding tert-OH is 1. The molecule has 0 fully saturated rings. The Hall–Kier alpha value is -2.58. The van der Waals surface area contributed by atoms with Crippen molar-refractivity contribution in [2.75, 3.05) is 40.9 Å². The van der Waals surface area contributed by atoms with Crippen molar-refractivity contribution in [3.63, 3.8) is 0 Å². The van der Waals surface area contributed by atoms with E-state index in [1.165, 1.54) is 89.9 Å². The Balaban J connectivity index is 4.38. The van der Waals surface area contributed by atoms with E-state index in [1.807, 2.05) is 27.2 Å². The van der Waals surface area contributed by atoms with Crippen LogP contribution in [0.3, 0.4) is 0 Å². The minimum absolute atomic E-state index is 0.0147. The third kappa shape index (κ3) is 51.1. The topological polar surface area (TPSA) is 108 Å². The van der Waals surface area contributed by atoms with Gasteiger partial charge >= 0.3 is 0 Å². The monoisotopic (exact) mass is 955 g/mol. The van der Waals surface area contributed by atoms with Crippen LogP contribution in [0.25, 0.3) is 0 Å². The van der Waals surface area contributed by atoms with Gasteiger partial charge in [-0.2, -0.15) is 0 Å². The number of hydrogen-bond acceptors (Lipinski definition) is 6. The first kappa shape index (κ1) is 64.4. The molecule has 0 bridgehead atoms. The number of rotatable bonds is 48. The minimum atomic E-state index is -4.61. The molecule has 0 radical (unpaired) electrons. The van der Waals surface area contributed by atoms with Crippen LogP contribution < -0.4 is 10.2 Å². The highest BCUT2D eigenvalue weighted by atomic mass is 31.2. The van der Waals surface area contributed by atoms with Crippen molar-refractivity contribution in [3.05, 3.63) is 97.2 Å². The molecule has 0 saturated carbocycles. The average Bonchev–Trinajstić information content (AvgIpc) is 3.29.